The van der Waals surface area contributed by atoms with Crippen molar-refractivity contribution in [1.82, 2.24) is 10.2 Å². The van der Waals surface area contributed by atoms with E-state index in [0.717, 1.165) is 12.7 Å². The zero-order valence-electron chi connectivity index (χ0n) is 8.82. The molecule has 0 aromatic carbocycles. The SMILES string of the molecule is CN(C)CC(=O)NC(C=O)CCCN. The molecule has 3 N–H and O–H groups in total. The van der Waals surface area contributed by atoms with Crippen molar-refractivity contribution >= 4 is 12.2 Å². The van der Waals surface area contributed by atoms with Crippen molar-refractivity contribution in [1.29, 1.82) is 0 Å². The minimum Gasteiger partial charge on any atom is -0.345 e. The molecule has 0 rings (SSSR count). The van der Waals surface area contributed by atoms with Crippen molar-refractivity contribution in [3.63, 3.8) is 0 Å². The summed E-state index contributed by atoms with van der Waals surface area (Å²) in [5.74, 6) is -0.135. The average Bonchev–Trinajstić information content (AvgIpc) is 2.10. The van der Waals surface area contributed by atoms with Crippen LogP contribution in [-0.2, 0) is 9.59 Å². The molecule has 1 unspecified atom stereocenters. The molecule has 0 radical (unpaired) electrons. The van der Waals surface area contributed by atoms with Gasteiger partial charge in [-0.15, -0.1) is 0 Å². The number of carbonyl (C=O) groups excluding carboxylic acids is 2. The van der Waals surface area contributed by atoms with Crippen LogP contribution in [0.4, 0.5) is 0 Å². The lowest BCUT2D eigenvalue weighted by molar-refractivity contribution is -0.124. The van der Waals surface area contributed by atoms with Gasteiger partial charge in [0.1, 0.15) is 6.29 Å². The second kappa shape index (κ2) is 7.46. The second-order valence-electron chi connectivity index (χ2n) is 3.48. The van der Waals surface area contributed by atoms with Crippen molar-refractivity contribution in [2.24, 2.45) is 5.73 Å². The summed E-state index contributed by atoms with van der Waals surface area (Å²) in [6.07, 6.45) is 2.11. The Morgan fingerprint density at radius 2 is 2.21 bits per heavy atom. The molecule has 1 amide bonds. The highest BCUT2D eigenvalue weighted by Gasteiger charge is 2.10. The molecule has 1 atom stereocenters. The number of hydrogen-bond acceptors (Lipinski definition) is 4. The van der Waals surface area contributed by atoms with Gasteiger partial charge < -0.3 is 20.7 Å². The largest absolute Gasteiger partial charge is 0.345 e. The number of nitrogens with one attached hydrogen (secondary N) is 1. The molecule has 0 saturated carbocycles. The summed E-state index contributed by atoms with van der Waals surface area (Å²) < 4.78 is 0. The predicted octanol–water partition coefficient (Wildman–Crippen LogP) is -1.03. The van der Waals surface area contributed by atoms with Gasteiger partial charge in [-0.25, -0.2) is 0 Å². The van der Waals surface area contributed by atoms with Crippen LogP contribution in [0.3, 0.4) is 0 Å². The second-order valence-corrected chi connectivity index (χ2v) is 3.48. The van der Waals surface area contributed by atoms with Gasteiger partial charge in [0.15, 0.2) is 0 Å². The summed E-state index contributed by atoms with van der Waals surface area (Å²) in [6.45, 7) is 0.834. The standard InChI is InChI=1S/C9H19N3O2/c1-12(2)6-9(14)11-8(7-13)4-3-5-10/h7-8H,3-6,10H2,1-2H3,(H,11,14). The van der Waals surface area contributed by atoms with E-state index in [2.05, 4.69) is 5.32 Å². The van der Waals surface area contributed by atoms with Gasteiger partial charge in [0.25, 0.3) is 0 Å². The maximum absolute atomic E-state index is 11.2. The van der Waals surface area contributed by atoms with E-state index >= 15 is 0 Å². The molecule has 5 nitrogen and oxygen atoms in total. The Labute approximate surface area is 84.6 Å². The van der Waals surface area contributed by atoms with E-state index in [1.165, 1.54) is 0 Å². The third-order valence-corrected chi connectivity index (χ3v) is 1.69. The van der Waals surface area contributed by atoms with E-state index in [9.17, 15) is 9.59 Å². The van der Waals surface area contributed by atoms with E-state index in [1.807, 2.05) is 0 Å². The Bertz CT molecular complexity index is 183. The zero-order valence-corrected chi connectivity index (χ0v) is 8.82. The molecule has 0 saturated heterocycles. The highest BCUT2D eigenvalue weighted by molar-refractivity contribution is 5.81. The molecule has 0 bridgehead atoms. The summed E-state index contributed by atoms with van der Waals surface area (Å²) in [5.41, 5.74) is 5.31. The minimum absolute atomic E-state index is 0.135. The highest BCUT2D eigenvalue weighted by atomic mass is 16.2. The van der Waals surface area contributed by atoms with E-state index in [-0.39, 0.29) is 5.91 Å². The summed E-state index contributed by atoms with van der Waals surface area (Å²) in [5, 5.41) is 2.63. The van der Waals surface area contributed by atoms with Crippen LogP contribution in [0, 0.1) is 0 Å². The van der Waals surface area contributed by atoms with Crippen LogP contribution in [0.25, 0.3) is 0 Å². The van der Waals surface area contributed by atoms with E-state index in [4.69, 9.17) is 5.73 Å². The number of hydrogen-bond donors (Lipinski definition) is 2. The van der Waals surface area contributed by atoms with Crippen LogP contribution < -0.4 is 11.1 Å². The van der Waals surface area contributed by atoms with Gasteiger partial charge >= 0.3 is 0 Å². The Hall–Kier alpha value is -0.940. The van der Waals surface area contributed by atoms with Crippen molar-refractivity contribution in [3.8, 4) is 0 Å². The monoisotopic (exact) mass is 201 g/mol. The summed E-state index contributed by atoms with van der Waals surface area (Å²) in [6, 6.07) is -0.397. The summed E-state index contributed by atoms with van der Waals surface area (Å²) in [7, 11) is 3.60. The fraction of sp³-hybridized carbons (Fsp3) is 0.778. The molecular formula is C9H19N3O2. The molecule has 0 aliphatic carbocycles. The Balaban J connectivity index is 3.80. The fourth-order valence-electron chi connectivity index (χ4n) is 1.05. The van der Waals surface area contributed by atoms with Crippen LogP contribution in [0.2, 0.25) is 0 Å². The van der Waals surface area contributed by atoms with Crippen molar-refractivity contribution < 1.29 is 9.59 Å². The Kier molecular flexibility index (Phi) is 6.96. The third-order valence-electron chi connectivity index (χ3n) is 1.69. The lowest BCUT2D eigenvalue weighted by Gasteiger charge is -2.14. The van der Waals surface area contributed by atoms with Crippen LogP contribution in [0.15, 0.2) is 0 Å². The summed E-state index contributed by atoms with van der Waals surface area (Å²) >= 11 is 0. The maximum atomic E-state index is 11.2. The quantitative estimate of drug-likeness (QED) is 0.516. The predicted molar refractivity (Wildman–Crippen MR) is 54.8 cm³/mol. The number of carbonyl (C=O) groups is 2. The molecule has 82 valence electrons. The molecule has 5 heteroatoms. The van der Waals surface area contributed by atoms with Crippen LogP contribution >= 0.6 is 0 Å². The molecule has 0 aromatic rings. The molecule has 0 fully saturated rings. The van der Waals surface area contributed by atoms with Gasteiger partial charge in [0, 0.05) is 0 Å². The van der Waals surface area contributed by atoms with Crippen LogP contribution in [-0.4, -0.2) is 50.3 Å². The number of nitrogens with two attached hydrogens (primary N) is 1. The molecule has 0 aromatic heterocycles. The minimum atomic E-state index is -0.397. The first-order valence-electron chi connectivity index (χ1n) is 4.69. The van der Waals surface area contributed by atoms with Gasteiger partial charge in [0.05, 0.1) is 12.6 Å². The molecule has 0 spiro atoms. The number of aldehydes is 1. The molecule has 14 heavy (non-hydrogen) atoms. The highest BCUT2D eigenvalue weighted by Crippen LogP contribution is 1.92. The first-order valence-corrected chi connectivity index (χ1v) is 4.69. The molecular weight excluding hydrogens is 182 g/mol. The fourth-order valence-corrected chi connectivity index (χ4v) is 1.05. The number of nitrogens with zero attached hydrogens (tertiary/aromatic N) is 1. The Morgan fingerprint density at radius 1 is 1.57 bits per heavy atom. The smallest absolute Gasteiger partial charge is 0.234 e. The van der Waals surface area contributed by atoms with E-state index in [1.54, 1.807) is 19.0 Å². The van der Waals surface area contributed by atoms with Gasteiger partial charge in [-0.05, 0) is 33.5 Å². The first-order chi connectivity index (χ1) is 6.60. The van der Waals surface area contributed by atoms with Gasteiger partial charge in [-0.3, -0.25) is 4.79 Å². The number of rotatable bonds is 7. The van der Waals surface area contributed by atoms with Crippen molar-refractivity contribution in [2.75, 3.05) is 27.2 Å². The van der Waals surface area contributed by atoms with Crippen LogP contribution in [0.1, 0.15) is 12.8 Å². The van der Waals surface area contributed by atoms with Gasteiger partial charge in [-0.2, -0.15) is 0 Å². The number of likely N-dealkylation sites (N-methyl/N-ethyl adjacent to an activating group) is 1. The average molecular weight is 201 g/mol. The summed E-state index contributed by atoms with van der Waals surface area (Å²) in [4.78, 5) is 23.6. The molecule has 0 aliphatic heterocycles. The van der Waals surface area contributed by atoms with Gasteiger partial charge in [-0.1, -0.05) is 0 Å². The number of amides is 1. The van der Waals surface area contributed by atoms with Crippen LogP contribution in [0.5, 0.6) is 0 Å². The van der Waals surface area contributed by atoms with Gasteiger partial charge in [0.2, 0.25) is 5.91 Å². The van der Waals surface area contributed by atoms with Crippen molar-refractivity contribution in [2.45, 2.75) is 18.9 Å². The lowest BCUT2D eigenvalue weighted by atomic mass is 10.2. The Morgan fingerprint density at radius 3 is 2.64 bits per heavy atom. The first kappa shape index (κ1) is 13.1. The maximum Gasteiger partial charge on any atom is 0.234 e. The van der Waals surface area contributed by atoms with Crippen molar-refractivity contribution in [3.05, 3.63) is 0 Å². The van der Waals surface area contributed by atoms with E-state index in [0.29, 0.717) is 19.5 Å². The van der Waals surface area contributed by atoms with E-state index < -0.39 is 6.04 Å². The topological polar surface area (TPSA) is 75.4 Å². The normalized spacial score (nSPS) is 12.6. The zero-order chi connectivity index (χ0) is 11.0. The lowest BCUT2D eigenvalue weighted by Crippen LogP contribution is -2.41. The third kappa shape index (κ3) is 6.56. The molecule has 0 aliphatic rings. The molecule has 0 heterocycles.